The first-order valence-electron chi connectivity index (χ1n) is 14.0. The predicted molar refractivity (Wildman–Crippen MR) is 144 cm³/mol. The van der Waals surface area contributed by atoms with Gasteiger partial charge in [0.25, 0.3) is 0 Å². The molecule has 0 bridgehead atoms. The quantitative estimate of drug-likeness (QED) is 0.323. The van der Waals surface area contributed by atoms with E-state index in [1.54, 1.807) is 0 Å². The maximum absolute atomic E-state index is 6.82. The van der Waals surface area contributed by atoms with Crippen LogP contribution in [-0.2, 0) is 13.0 Å². The van der Waals surface area contributed by atoms with Crippen LogP contribution in [0, 0.1) is 0 Å². The molecule has 0 saturated heterocycles. The van der Waals surface area contributed by atoms with Crippen molar-refractivity contribution >= 4 is 0 Å². The maximum atomic E-state index is 6.82. The summed E-state index contributed by atoms with van der Waals surface area (Å²) < 4.78 is 19.7. The Hall–Kier alpha value is -2.94. The number of rotatable bonds is 8. The molecule has 1 spiro atoms. The van der Waals surface area contributed by atoms with E-state index in [-0.39, 0.29) is 11.5 Å². The molecule has 1 unspecified atom stereocenters. The Labute approximate surface area is 215 Å². The van der Waals surface area contributed by atoms with E-state index in [0.717, 1.165) is 49.4 Å². The van der Waals surface area contributed by atoms with E-state index in [9.17, 15) is 0 Å². The number of benzene rings is 3. The van der Waals surface area contributed by atoms with E-state index < -0.39 is 0 Å². The van der Waals surface area contributed by atoms with Gasteiger partial charge in [-0.25, -0.2) is 0 Å². The average molecular weight is 483 g/mol. The number of ether oxygens (including phenoxy) is 3. The summed E-state index contributed by atoms with van der Waals surface area (Å²) in [4.78, 5) is 0. The molecule has 0 N–H and O–H groups in total. The van der Waals surface area contributed by atoms with Crippen LogP contribution in [0.4, 0.5) is 0 Å². The van der Waals surface area contributed by atoms with Crippen molar-refractivity contribution in [3.8, 4) is 17.2 Å². The minimum Gasteiger partial charge on any atom is -0.490 e. The molecule has 1 atom stereocenters. The van der Waals surface area contributed by atoms with Crippen LogP contribution in [0.15, 0.2) is 66.7 Å². The first kappa shape index (κ1) is 23.5. The summed E-state index contributed by atoms with van der Waals surface area (Å²) in [6, 6.07) is 23.6. The summed E-state index contributed by atoms with van der Waals surface area (Å²) in [5, 5.41) is 0. The second-order valence-corrected chi connectivity index (χ2v) is 11.0. The molecule has 36 heavy (non-hydrogen) atoms. The van der Waals surface area contributed by atoms with Gasteiger partial charge in [0.05, 0.1) is 6.10 Å². The van der Waals surface area contributed by atoms with E-state index in [1.807, 2.05) is 6.07 Å². The summed E-state index contributed by atoms with van der Waals surface area (Å²) >= 11 is 0. The molecule has 0 amide bonds. The summed E-state index contributed by atoms with van der Waals surface area (Å²) in [5.74, 6) is 3.30. The van der Waals surface area contributed by atoms with Gasteiger partial charge in [0.15, 0.2) is 0 Å². The average Bonchev–Trinajstić information content (AvgIpc) is 3.41. The lowest BCUT2D eigenvalue weighted by Crippen LogP contribution is -2.47. The van der Waals surface area contributed by atoms with Gasteiger partial charge in [0.2, 0.25) is 0 Å². The molecule has 3 heteroatoms. The van der Waals surface area contributed by atoms with E-state index in [2.05, 4.69) is 67.6 Å². The minimum absolute atomic E-state index is 0.0545. The fraction of sp³-hybridized carbons (Fsp3) is 0.455. The van der Waals surface area contributed by atoms with Crippen molar-refractivity contribution in [3.05, 3.63) is 89.0 Å². The van der Waals surface area contributed by atoms with Gasteiger partial charge >= 0.3 is 0 Å². The summed E-state index contributed by atoms with van der Waals surface area (Å²) in [6.07, 6.45) is 12.0. The van der Waals surface area contributed by atoms with Crippen LogP contribution in [0.2, 0.25) is 0 Å². The van der Waals surface area contributed by atoms with E-state index in [0.29, 0.717) is 12.7 Å². The maximum Gasteiger partial charge on any atom is 0.127 e. The summed E-state index contributed by atoms with van der Waals surface area (Å²) in [7, 11) is 0. The predicted octanol–water partition coefficient (Wildman–Crippen LogP) is 8.38. The van der Waals surface area contributed by atoms with Crippen LogP contribution in [0.3, 0.4) is 0 Å². The molecule has 0 radical (unpaired) electrons. The lowest BCUT2D eigenvalue weighted by atomic mass is 9.69. The molecule has 2 aliphatic carbocycles. The van der Waals surface area contributed by atoms with Crippen molar-refractivity contribution in [1.29, 1.82) is 0 Å². The molecular weight excluding hydrogens is 444 g/mol. The Morgan fingerprint density at radius 2 is 1.72 bits per heavy atom. The Kier molecular flexibility index (Phi) is 6.65. The zero-order valence-corrected chi connectivity index (χ0v) is 21.5. The molecule has 3 aliphatic rings. The van der Waals surface area contributed by atoms with Crippen molar-refractivity contribution in [3.63, 3.8) is 0 Å². The van der Waals surface area contributed by atoms with Gasteiger partial charge in [-0.2, -0.15) is 0 Å². The minimum atomic E-state index is -0.0545. The Balaban J connectivity index is 1.35. The molecule has 3 nitrogen and oxygen atoms in total. The van der Waals surface area contributed by atoms with Crippen LogP contribution in [0.1, 0.15) is 92.9 Å². The van der Waals surface area contributed by atoms with E-state index >= 15 is 0 Å². The SMILES string of the molecule is CCCc1cccc(C2CC3(CCC3)Oc3cc(OCc4ccccc4)ccc32)c1OC1CCCC1. The standard InChI is InChI=1S/C33H38O3/c1-2-10-25-13-8-16-29(32(25)35-26-14-6-7-15-26)30-22-33(19-9-20-33)36-31-21-27(17-18-28(30)31)34-23-24-11-4-3-5-12-24/h3-5,8,11-13,16-18,21,26,30H,2,6-7,9-10,14-15,19-20,22-23H2,1H3. The summed E-state index contributed by atoms with van der Waals surface area (Å²) in [6.45, 7) is 2.82. The topological polar surface area (TPSA) is 27.7 Å². The molecule has 0 aromatic heterocycles. The fourth-order valence-electron chi connectivity index (χ4n) is 6.30. The molecule has 3 aromatic carbocycles. The first-order chi connectivity index (χ1) is 17.7. The summed E-state index contributed by atoms with van der Waals surface area (Å²) in [5.41, 5.74) is 5.10. The third-order valence-electron chi connectivity index (χ3n) is 8.38. The van der Waals surface area contributed by atoms with Crippen LogP contribution in [-0.4, -0.2) is 11.7 Å². The first-order valence-corrected chi connectivity index (χ1v) is 14.0. The van der Waals surface area contributed by atoms with Gasteiger partial charge in [-0.3, -0.25) is 0 Å². The molecule has 6 rings (SSSR count). The van der Waals surface area contributed by atoms with Gasteiger partial charge in [-0.1, -0.05) is 67.9 Å². The van der Waals surface area contributed by atoms with Gasteiger partial charge in [0.1, 0.15) is 29.5 Å². The third kappa shape index (κ3) is 4.73. The number of hydrogen-bond donors (Lipinski definition) is 0. The van der Waals surface area contributed by atoms with Crippen molar-refractivity contribution in [2.24, 2.45) is 0 Å². The lowest BCUT2D eigenvalue weighted by Gasteiger charge is -2.48. The van der Waals surface area contributed by atoms with Crippen molar-refractivity contribution < 1.29 is 14.2 Å². The number of fused-ring (bicyclic) bond motifs is 1. The normalized spacial score (nSPS) is 20.4. The Morgan fingerprint density at radius 3 is 2.47 bits per heavy atom. The zero-order valence-electron chi connectivity index (χ0n) is 21.5. The van der Waals surface area contributed by atoms with Crippen molar-refractivity contribution in [2.75, 3.05) is 0 Å². The van der Waals surface area contributed by atoms with Gasteiger partial charge in [-0.15, -0.1) is 0 Å². The Bertz CT molecular complexity index is 1170. The molecular formula is C33H38O3. The molecule has 3 aromatic rings. The van der Waals surface area contributed by atoms with Gasteiger partial charge in [-0.05, 0) is 75.0 Å². The highest BCUT2D eigenvalue weighted by atomic mass is 16.5. The second kappa shape index (κ2) is 10.2. The molecule has 1 aliphatic heterocycles. The number of aryl methyl sites for hydroxylation is 1. The zero-order chi connectivity index (χ0) is 24.4. The van der Waals surface area contributed by atoms with Crippen LogP contribution < -0.4 is 14.2 Å². The largest absolute Gasteiger partial charge is 0.490 e. The van der Waals surface area contributed by atoms with Crippen LogP contribution >= 0.6 is 0 Å². The van der Waals surface area contributed by atoms with Crippen LogP contribution in [0.5, 0.6) is 17.2 Å². The monoisotopic (exact) mass is 482 g/mol. The lowest BCUT2D eigenvalue weighted by molar-refractivity contribution is -0.0303. The highest BCUT2D eigenvalue weighted by molar-refractivity contribution is 5.54. The van der Waals surface area contributed by atoms with E-state index in [4.69, 9.17) is 14.2 Å². The highest BCUT2D eigenvalue weighted by Gasteiger charge is 2.46. The van der Waals surface area contributed by atoms with Crippen molar-refractivity contribution in [1.82, 2.24) is 0 Å². The second-order valence-electron chi connectivity index (χ2n) is 11.0. The van der Waals surface area contributed by atoms with Gasteiger partial charge < -0.3 is 14.2 Å². The van der Waals surface area contributed by atoms with Gasteiger partial charge in [0, 0.05) is 23.1 Å². The fourth-order valence-corrected chi connectivity index (χ4v) is 6.30. The van der Waals surface area contributed by atoms with Crippen LogP contribution in [0.25, 0.3) is 0 Å². The highest BCUT2D eigenvalue weighted by Crippen LogP contribution is 2.54. The molecule has 1 heterocycles. The number of para-hydroxylation sites is 1. The third-order valence-corrected chi connectivity index (χ3v) is 8.38. The number of hydrogen-bond acceptors (Lipinski definition) is 3. The molecule has 188 valence electrons. The van der Waals surface area contributed by atoms with Crippen molar-refractivity contribution in [2.45, 2.75) is 95.4 Å². The molecule has 2 fully saturated rings. The molecule has 2 saturated carbocycles. The smallest absolute Gasteiger partial charge is 0.127 e. The Morgan fingerprint density at radius 1 is 0.889 bits per heavy atom. The van der Waals surface area contributed by atoms with E-state index in [1.165, 1.54) is 54.4 Å².